The largest absolute Gasteiger partial charge is 0.497 e. The fourth-order valence-electron chi connectivity index (χ4n) is 1.43. The van der Waals surface area contributed by atoms with Gasteiger partial charge in [0.05, 0.1) is 7.11 Å². The van der Waals surface area contributed by atoms with Gasteiger partial charge in [0.2, 0.25) is 4.77 Å². The molecule has 0 aliphatic carbocycles. The van der Waals surface area contributed by atoms with Crippen LogP contribution in [0.4, 0.5) is 0 Å². The zero-order valence-electron chi connectivity index (χ0n) is 8.80. The molecule has 1 aromatic heterocycles. The molecule has 0 atom stereocenters. The number of rotatable bonds is 3. The molecule has 1 aromatic carbocycles. The second kappa shape index (κ2) is 4.36. The molecule has 0 aliphatic heterocycles. The highest BCUT2D eigenvalue weighted by atomic mass is 32.1. The smallest absolute Gasteiger partial charge is 0.214 e. The fraction of sp³-hybridized carbons (Fsp3) is 0.200. The van der Waals surface area contributed by atoms with E-state index in [2.05, 4.69) is 10.2 Å². The first kappa shape index (κ1) is 10.7. The third-order valence-corrected chi connectivity index (χ3v) is 2.56. The van der Waals surface area contributed by atoms with Crippen molar-refractivity contribution in [2.75, 3.05) is 13.0 Å². The molecule has 0 amide bonds. The van der Waals surface area contributed by atoms with Gasteiger partial charge in [0.15, 0.2) is 5.82 Å². The van der Waals surface area contributed by atoms with Gasteiger partial charge in [0.25, 0.3) is 0 Å². The molecule has 2 aromatic rings. The van der Waals surface area contributed by atoms with Gasteiger partial charge in [-0.1, -0.05) is 12.1 Å². The SMILES string of the molecule is COc1cccc(Cc2n[nH]c(=S)n2N)c1. The molecule has 0 saturated heterocycles. The number of aromatic nitrogens is 3. The van der Waals surface area contributed by atoms with Crippen molar-refractivity contribution in [3.05, 3.63) is 40.4 Å². The summed E-state index contributed by atoms with van der Waals surface area (Å²) in [6, 6.07) is 7.75. The van der Waals surface area contributed by atoms with E-state index < -0.39 is 0 Å². The Hall–Kier alpha value is -1.82. The Bertz CT molecular complexity index is 546. The van der Waals surface area contributed by atoms with E-state index in [4.69, 9.17) is 22.8 Å². The number of nitrogens with zero attached hydrogens (tertiary/aromatic N) is 2. The number of aromatic amines is 1. The average molecular weight is 236 g/mol. The maximum atomic E-state index is 5.71. The number of nitrogens with one attached hydrogen (secondary N) is 1. The highest BCUT2D eigenvalue weighted by Crippen LogP contribution is 2.14. The fourth-order valence-corrected chi connectivity index (χ4v) is 1.58. The summed E-state index contributed by atoms with van der Waals surface area (Å²) >= 11 is 4.93. The standard InChI is InChI=1S/C10H12N4OS/c1-15-8-4-2-3-7(5-8)6-9-12-13-10(16)14(9)11/h2-5H,6,11H2,1H3,(H,13,16). The predicted molar refractivity (Wildman–Crippen MR) is 63.4 cm³/mol. The van der Waals surface area contributed by atoms with Crippen LogP contribution in [0.25, 0.3) is 0 Å². The van der Waals surface area contributed by atoms with Gasteiger partial charge in [0.1, 0.15) is 5.75 Å². The number of nitrogen functional groups attached to an aromatic ring is 1. The second-order valence-corrected chi connectivity index (χ2v) is 3.73. The summed E-state index contributed by atoms with van der Waals surface area (Å²) in [5, 5.41) is 6.69. The minimum atomic E-state index is 0.415. The summed E-state index contributed by atoms with van der Waals surface area (Å²) in [5.41, 5.74) is 1.07. The lowest BCUT2D eigenvalue weighted by atomic mass is 10.1. The first-order valence-corrected chi connectivity index (χ1v) is 5.16. The Balaban J connectivity index is 2.26. The number of methoxy groups -OCH3 is 1. The van der Waals surface area contributed by atoms with Crippen molar-refractivity contribution in [1.82, 2.24) is 14.9 Å². The van der Waals surface area contributed by atoms with Crippen LogP contribution in [0.5, 0.6) is 5.75 Å². The van der Waals surface area contributed by atoms with Crippen LogP contribution in [0.2, 0.25) is 0 Å². The zero-order valence-corrected chi connectivity index (χ0v) is 9.62. The van der Waals surface area contributed by atoms with E-state index in [1.807, 2.05) is 24.3 Å². The van der Waals surface area contributed by atoms with Crippen molar-refractivity contribution < 1.29 is 4.74 Å². The van der Waals surface area contributed by atoms with Crippen molar-refractivity contribution >= 4 is 12.2 Å². The highest BCUT2D eigenvalue weighted by molar-refractivity contribution is 7.71. The van der Waals surface area contributed by atoms with E-state index in [1.165, 1.54) is 4.68 Å². The van der Waals surface area contributed by atoms with Crippen LogP contribution in [0, 0.1) is 4.77 Å². The highest BCUT2D eigenvalue weighted by Gasteiger charge is 2.04. The van der Waals surface area contributed by atoms with Crippen LogP contribution in [-0.4, -0.2) is 22.0 Å². The number of H-pyrrole nitrogens is 1. The predicted octanol–water partition coefficient (Wildman–Crippen LogP) is 1.25. The number of hydrogen-bond donors (Lipinski definition) is 2. The van der Waals surface area contributed by atoms with Crippen LogP contribution in [-0.2, 0) is 6.42 Å². The molecule has 16 heavy (non-hydrogen) atoms. The summed E-state index contributed by atoms with van der Waals surface area (Å²) in [4.78, 5) is 0. The van der Waals surface area contributed by atoms with E-state index in [9.17, 15) is 0 Å². The van der Waals surface area contributed by atoms with Crippen LogP contribution in [0.3, 0.4) is 0 Å². The molecule has 2 rings (SSSR count). The first-order chi connectivity index (χ1) is 7.70. The van der Waals surface area contributed by atoms with Crippen molar-refractivity contribution in [3.63, 3.8) is 0 Å². The Kier molecular flexibility index (Phi) is 2.91. The van der Waals surface area contributed by atoms with Crippen LogP contribution in [0.15, 0.2) is 24.3 Å². The summed E-state index contributed by atoms with van der Waals surface area (Å²) in [7, 11) is 1.64. The van der Waals surface area contributed by atoms with Crippen molar-refractivity contribution in [2.45, 2.75) is 6.42 Å². The van der Waals surface area contributed by atoms with Gasteiger partial charge in [-0.25, -0.2) is 4.68 Å². The monoisotopic (exact) mass is 236 g/mol. The molecule has 0 unspecified atom stereocenters. The summed E-state index contributed by atoms with van der Waals surface area (Å²) in [6.07, 6.45) is 0.612. The molecule has 0 radical (unpaired) electrons. The molecule has 0 spiro atoms. The van der Waals surface area contributed by atoms with Crippen molar-refractivity contribution in [3.8, 4) is 5.75 Å². The van der Waals surface area contributed by atoms with Gasteiger partial charge < -0.3 is 10.6 Å². The molecular formula is C10H12N4OS. The lowest BCUT2D eigenvalue weighted by molar-refractivity contribution is 0.414. The molecule has 0 bridgehead atoms. The number of ether oxygens (including phenoxy) is 1. The molecule has 1 heterocycles. The van der Waals surface area contributed by atoms with E-state index in [1.54, 1.807) is 7.11 Å². The van der Waals surface area contributed by atoms with Crippen LogP contribution >= 0.6 is 12.2 Å². The summed E-state index contributed by atoms with van der Waals surface area (Å²) in [6.45, 7) is 0. The molecule has 0 saturated carbocycles. The first-order valence-electron chi connectivity index (χ1n) is 4.75. The lowest BCUT2D eigenvalue weighted by Gasteiger charge is -2.03. The third-order valence-electron chi connectivity index (χ3n) is 2.27. The van der Waals surface area contributed by atoms with Gasteiger partial charge in [-0.3, -0.25) is 5.10 Å². The van der Waals surface area contributed by atoms with E-state index in [-0.39, 0.29) is 0 Å². The maximum Gasteiger partial charge on any atom is 0.214 e. The summed E-state index contributed by atoms with van der Waals surface area (Å²) < 4.78 is 6.93. The molecule has 3 N–H and O–H groups in total. The molecule has 0 aliphatic rings. The van der Waals surface area contributed by atoms with E-state index in [0.29, 0.717) is 17.0 Å². The average Bonchev–Trinajstić information content (AvgIpc) is 2.61. The van der Waals surface area contributed by atoms with Crippen molar-refractivity contribution in [1.29, 1.82) is 0 Å². The van der Waals surface area contributed by atoms with Crippen molar-refractivity contribution in [2.24, 2.45) is 0 Å². The molecule has 6 heteroatoms. The molecular weight excluding hydrogens is 224 g/mol. The minimum absolute atomic E-state index is 0.415. The maximum absolute atomic E-state index is 5.71. The lowest BCUT2D eigenvalue weighted by Crippen LogP contribution is -2.13. The van der Waals surface area contributed by atoms with E-state index >= 15 is 0 Å². The topological polar surface area (TPSA) is 68.9 Å². The molecule has 84 valence electrons. The number of benzene rings is 1. The van der Waals surface area contributed by atoms with Gasteiger partial charge in [-0.2, -0.15) is 5.10 Å². The normalized spacial score (nSPS) is 10.3. The number of hydrogen-bond acceptors (Lipinski definition) is 4. The Morgan fingerprint density at radius 2 is 2.38 bits per heavy atom. The van der Waals surface area contributed by atoms with Crippen LogP contribution in [0.1, 0.15) is 11.4 Å². The molecule has 5 nitrogen and oxygen atoms in total. The van der Waals surface area contributed by atoms with Crippen LogP contribution < -0.4 is 10.6 Å². The molecule has 0 fully saturated rings. The number of nitrogens with two attached hydrogens (primary N) is 1. The van der Waals surface area contributed by atoms with Gasteiger partial charge in [0, 0.05) is 6.42 Å². The minimum Gasteiger partial charge on any atom is -0.497 e. The third kappa shape index (κ3) is 2.06. The zero-order chi connectivity index (χ0) is 11.5. The second-order valence-electron chi connectivity index (χ2n) is 3.34. The van der Waals surface area contributed by atoms with Gasteiger partial charge in [-0.15, -0.1) is 0 Å². The van der Waals surface area contributed by atoms with Gasteiger partial charge in [-0.05, 0) is 29.9 Å². The summed E-state index contributed by atoms with van der Waals surface area (Å²) in [5.74, 6) is 7.22. The Labute approximate surface area is 97.8 Å². The van der Waals surface area contributed by atoms with Gasteiger partial charge >= 0.3 is 0 Å². The quantitative estimate of drug-likeness (QED) is 0.621. The Morgan fingerprint density at radius 1 is 1.56 bits per heavy atom. The van der Waals surface area contributed by atoms with E-state index in [0.717, 1.165) is 11.3 Å². The Morgan fingerprint density at radius 3 is 3.00 bits per heavy atom.